The summed E-state index contributed by atoms with van der Waals surface area (Å²) >= 11 is 0. The normalized spacial score (nSPS) is 24.2. The number of methoxy groups -OCH3 is 1. The van der Waals surface area contributed by atoms with Gasteiger partial charge >= 0.3 is 0 Å². The number of nitro groups is 1. The van der Waals surface area contributed by atoms with Crippen molar-refractivity contribution < 1.29 is 19.2 Å². The van der Waals surface area contributed by atoms with Gasteiger partial charge in [0, 0.05) is 32.1 Å². The minimum Gasteiger partial charge on any atom is -0.356 e. The molecular weight excluding hydrogens is 374 g/mol. The van der Waals surface area contributed by atoms with Crippen molar-refractivity contribution in [3.05, 3.63) is 82.0 Å². The van der Waals surface area contributed by atoms with Crippen LogP contribution >= 0.6 is 0 Å². The molecule has 2 atom stereocenters. The molecule has 0 saturated carbocycles. The van der Waals surface area contributed by atoms with Crippen molar-refractivity contribution in [1.82, 2.24) is 5.43 Å². The summed E-state index contributed by atoms with van der Waals surface area (Å²) in [4.78, 5) is 23.4. The van der Waals surface area contributed by atoms with Crippen molar-refractivity contribution in [2.24, 2.45) is 0 Å². The minimum absolute atomic E-state index is 0.0298. The van der Waals surface area contributed by atoms with E-state index in [1.54, 1.807) is 19.2 Å². The molecule has 2 aliphatic heterocycles. The van der Waals surface area contributed by atoms with Gasteiger partial charge in [-0.3, -0.25) is 20.3 Å². The van der Waals surface area contributed by atoms with E-state index in [9.17, 15) is 14.9 Å². The number of carbonyl (C=O) groups excluding carboxylic acids is 1. The maximum Gasteiger partial charge on any atom is 0.269 e. The summed E-state index contributed by atoms with van der Waals surface area (Å²) in [7, 11) is 1.60. The quantitative estimate of drug-likeness (QED) is 0.630. The van der Waals surface area contributed by atoms with Crippen LogP contribution in [0, 0.1) is 10.1 Å². The van der Waals surface area contributed by atoms with Gasteiger partial charge in [-0.15, -0.1) is 0 Å². The molecule has 29 heavy (non-hydrogen) atoms. The summed E-state index contributed by atoms with van der Waals surface area (Å²) < 4.78 is 11.8. The minimum atomic E-state index is -0.842. The number of ether oxygens (including phenoxy) is 2. The number of carbonyl (C=O) groups is 1. The third-order valence-corrected chi connectivity index (χ3v) is 5.28. The van der Waals surface area contributed by atoms with Crippen molar-refractivity contribution in [3.63, 3.8) is 0 Å². The fraction of sp³-hybridized carbons (Fsp3) is 0.286. The van der Waals surface area contributed by atoms with E-state index in [1.165, 1.54) is 17.1 Å². The lowest BCUT2D eigenvalue weighted by atomic mass is 9.84. The topological polar surface area (TPSA) is 93.9 Å². The second-order valence-electron chi connectivity index (χ2n) is 6.94. The predicted molar refractivity (Wildman–Crippen MR) is 106 cm³/mol. The molecule has 0 radical (unpaired) electrons. The predicted octanol–water partition coefficient (Wildman–Crippen LogP) is 3.40. The number of fused-ring (bicyclic) bond motifs is 1. The fourth-order valence-corrected chi connectivity index (χ4v) is 3.77. The van der Waals surface area contributed by atoms with Crippen molar-refractivity contribution in [2.75, 3.05) is 12.1 Å². The first-order valence-electron chi connectivity index (χ1n) is 9.34. The molecule has 0 aromatic heterocycles. The molecule has 2 aromatic carbocycles. The Balaban J connectivity index is 1.73. The van der Waals surface area contributed by atoms with Crippen LogP contribution in [0.25, 0.3) is 0 Å². The second kappa shape index (κ2) is 7.65. The van der Waals surface area contributed by atoms with Gasteiger partial charge in [0.15, 0.2) is 6.29 Å². The van der Waals surface area contributed by atoms with Gasteiger partial charge in [-0.1, -0.05) is 36.4 Å². The smallest absolute Gasteiger partial charge is 0.269 e. The zero-order valence-electron chi connectivity index (χ0n) is 15.9. The molecule has 0 bridgehead atoms. The first-order valence-corrected chi connectivity index (χ1v) is 9.34. The lowest BCUT2D eigenvalue weighted by molar-refractivity contribution is -0.384. The van der Waals surface area contributed by atoms with Gasteiger partial charge in [-0.05, 0) is 24.1 Å². The Morgan fingerprint density at radius 2 is 1.93 bits per heavy atom. The number of benzene rings is 2. The average Bonchev–Trinajstić information content (AvgIpc) is 2.91. The van der Waals surface area contributed by atoms with Crippen molar-refractivity contribution in [3.8, 4) is 0 Å². The zero-order chi connectivity index (χ0) is 20.4. The van der Waals surface area contributed by atoms with Gasteiger partial charge in [-0.25, -0.2) is 5.01 Å². The number of amides is 1. The average molecular weight is 395 g/mol. The fourth-order valence-electron chi connectivity index (χ4n) is 3.77. The highest BCUT2D eigenvalue weighted by Gasteiger charge is 2.46. The first-order chi connectivity index (χ1) is 14.0. The maximum atomic E-state index is 12.9. The zero-order valence-corrected chi connectivity index (χ0v) is 15.9. The number of hydrogen-bond donors (Lipinski definition) is 1. The molecule has 1 N–H and O–H groups in total. The summed E-state index contributed by atoms with van der Waals surface area (Å²) in [5.41, 5.74) is 4.55. The molecule has 1 fully saturated rings. The van der Waals surface area contributed by atoms with Gasteiger partial charge in [0.2, 0.25) is 5.91 Å². The van der Waals surface area contributed by atoms with Crippen LogP contribution in [0.1, 0.15) is 24.8 Å². The first kappa shape index (κ1) is 19.1. The highest BCUT2D eigenvalue weighted by Crippen LogP contribution is 2.43. The number of non-ortho nitro benzene ring substituents is 1. The van der Waals surface area contributed by atoms with Crippen LogP contribution in [0.4, 0.5) is 11.4 Å². The number of nitrogens with zero attached hydrogens (tertiary/aromatic N) is 2. The molecule has 4 rings (SSSR count). The molecular formula is C21H21N3O5. The van der Waals surface area contributed by atoms with Crippen molar-refractivity contribution in [2.45, 2.75) is 31.2 Å². The SMILES string of the molecule is CO[C@@H]1CC=C2NN(c3ccc([N+](=O)[O-])cc3)C(=O)CC[C@]2(c2ccccc2)O1. The molecule has 8 nitrogen and oxygen atoms in total. The molecule has 8 heteroatoms. The molecule has 0 spiro atoms. The van der Waals surface area contributed by atoms with Crippen LogP contribution in [0.15, 0.2) is 66.4 Å². The van der Waals surface area contributed by atoms with Crippen LogP contribution in [-0.2, 0) is 19.9 Å². The molecule has 1 saturated heterocycles. The number of nitrogens with one attached hydrogen (secondary N) is 1. The number of hydrogen-bond acceptors (Lipinski definition) is 6. The molecule has 2 aliphatic rings. The molecule has 0 unspecified atom stereocenters. The third-order valence-electron chi connectivity index (χ3n) is 5.28. The monoisotopic (exact) mass is 395 g/mol. The Hall–Kier alpha value is -3.23. The summed E-state index contributed by atoms with van der Waals surface area (Å²) in [5, 5.41) is 12.4. The van der Waals surface area contributed by atoms with E-state index in [0.29, 0.717) is 18.5 Å². The number of anilines is 1. The number of hydrazine groups is 1. The maximum absolute atomic E-state index is 12.9. The second-order valence-corrected chi connectivity index (χ2v) is 6.94. The molecule has 2 aromatic rings. The lowest BCUT2D eigenvalue weighted by Crippen LogP contribution is -2.48. The number of rotatable bonds is 4. The van der Waals surface area contributed by atoms with Crippen LogP contribution < -0.4 is 10.4 Å². The van der Waals surface area contributed by atoms with Crippen LogP contribution in [0.3, 0.4) is 0 Å². The summed E-state index contributed by atoms with van der Waals surface area (Å²) in [6.07, 6.45) is 2.78. The van der Waals surface area contributed by atoms with Gasteiger partial charge in [0.05, 0.1) is 16.3 Å². The van der Waals surface area contributed by atoms with E-state index in [1.807, 2.05) is 36.4 Å². The van der Waals surface area contributed by atoms with Crippen LogP contribution in [-0.4, -0.2) is 24.2 Å². The lowest BCUT2D eigenvalue weighted by Gasteiger charge is -2.41. The van der Waals surface area contributed by atoms with Gasteiger partial charge in [0.1, 0.15) is 5.60 Å². The molecule has 150 valence electrons. The number of nitro benzene ring substituents is 1. The van der Waals surface area contributed by atoms with Gasteiger partial charge in [0.25, 0.3) is 5.69 Å². The Kier molecular flexibility index (Phi) is 5.04. The Morgan fingerprint density at radius 1 is 1.21 bits per heavy atom. The van der Waals surface area contributed by atoms with E-state index < -0.39 is 16.8 Å². The molecule has 0 aliphatic carbocycles. The summed E-state index contributed by atoms with van der Waals surface area (Å²) in [6, 6.07) is 15.6. The highest BCUT2D eigenvalue weighted by atomic mass is 16.7. The van der Waals surface area contributed by atoms with Crippen molar-refractivity contribution in [1.29, 1.82) is 0 Å². The van der Waals surface area contributed by atoms with E-state index in [4.69, 9.17) is 9.47 Å². The van der Waals surface area contributed by atoms with Crippen LogP contribution in [0.2, 0.25) is 0 Å². The molecule has 2 heterocycles. The largest absolute Gasteiger partial charge is 0.356 e. The van der Waals surface area contributed by atoms with Crippen LogP contribution in [0.5, 0.6) is 0 Å². The van der Waals surface area contributed by atoms with Crippen molar-refractivity contribution >= 4 is 17.3 Å². The van der Waals surface area contributed by atoms with Gasteiger partial charge in [-0.2, -0.15) is 0 Å². The Labute approximate surface area is 167 Å². The summed E-state index contributed by atoms with van der Waals surface area (Å²) in [6.45, 7) is 0. The Morgan fingerprint density at radius 3 is 2.59 bits per heavy atom. The van der Waals surface area contributed by atoms with E-state index >= 15 is 0 Å². The van der Waals surface area contributed by atoms with E-state index in [2.05, 4.69) is 5.43 Å². The highest BCUT2D eigenvalue weighted by molar-refractivity contribution is 5.93. The third kappa shape index (κ3) is 3.48. The molecule has 1 amide bonds. The standard InChI is InChI=1S/C21H21N3O5/c1-28-20-12-11-18-21(29-20,15-5-3-2-4-6-15)14-13-19(25)23(22-18)16-7-9-17(10-8-16)24(26)27/h2-11,20,22H,12-14H2,1H3/t20-,21+/m0/s1. The van der Waals surface area contributed by atoms with E-state index in [-0.39, 0.29) is 18.0 Å². The van der Waals surface area contributed by atoms with Gasteiger partial charge < -0.3 is 9.47 Å². The Bertz CT molecular complexity index is 945. The summed E-state index contributed by atoms with van der Waals surface area (Å²) in [5.74, 6) is -0.151. The van der Waals surface area contributed by atoms with E-state index in [0.717, 1.165) is 11.3 Å².